The van der Waals surface area contributed by atoms with E-state index in [0.717, 1.165) is 23.0 Å². The van der Waals surface area contributed by atoms with Gasteiger partial charge in [0.1, 0.15) is 0 Å². The summed E-state index contributed by atoms with van der Waals surface area (Å²) in [5, 5.41) is 7.75. The first-order valence-corrected chi connectivity index (χ1v) is 10.8. The minimum Gasteiger partial charge on any atom is -0.347 e. The van der Waals surface area contributed by atoms with Gasteiger partial charge in [-0.15, -0.1) is 0 Å². The van der Waals surface area contributed by atoms with E-state index in [1.54, 1.807) is 13.1 Å². The highest BCUT2D eigenvalue weighted by molar-refractivity contribution is 6.00. The van der Waals surface area contributed by atoms with Crippen molar-refractivity contribution in [2.24, 2.45) is 5.10 Å². The molecule has 32 heavy (non-hydrogen) atoms. The lowest BCUT2D eigenvalue weighted by molar-refractivity contribution is -0.159. The van der Waals surface area contributed by atoms with Crippen LogP contribution in [0.15, 0.2) is 78.0 Å². The summed E-state index contributed by atoms with van der Waals surface area (Å²) in [5.74, 6) is -1.11. The number of rotatable bonds is 6. The van der Waals surface area contributed by atoms with Gasteiger partial charge < -0.3 is 14.0 Å². The van der Waals surface area contributed by atoms with Crippen molar-refractivity contribution < 1.29 is 14.3 Å². The maximum absolute atomic E-state index is 12.2. The fourth-order valence-electron chi connectivity index (χ4n) is 4.29. The van der Waals surface area contributed by atoms with Gasteiger partial charge in [0, 0.05) is 29.2 Å². The van der Waals surface area contributed by atoms with Gasteiger partial charge in [0.2, 0.25) is 5.91 Å². The van der Waals surface area contributed by atoms with Crippen LogP contribution < -0.4 is 5.43 Å². The number of aromatic nitrogens is 1. The Kier molecular flexibility index (Phi) is 5.47. The number of carbonyl (C=O) groups is 1. The number of hydrogen-bond acceptors (Lipinski definition) is 4. The van der Waals surface area contributed by atoms with Crippen LogP contribution in [0.3, 0.4) is 0 Å². The van der Waals surface area contributed by atoms with Crippen LogP contribution >= 0.6 is 0 Å². The minimum absolute atomic E-state index is 0.104. The summed E-state index contributed by atoms with van der Waals surface area (Å²) in [6, 6.07) is 23.0. The quantitative estimate of drug-likeness (QED) is 0.365. The summed E-state index contributed by atoms with van der Waals surface area (Å²) >= 11 is 0. The molecule has 0 unspecified atom stereocenters. The van der Waals surface area contributed by atoms with Gasteiger partial charge in [-0.2, -0.15) is 5.10 Å². The highest BCUT2D eigenvalue weighted by atomic mass is 16.7. The molecule has 6 heteroatoms. The SMILES string of the molecule is CC1(CC(=O)N/N=C/c2cn(Cc3cccc4ccccc34)c3ccccc23)OCCO1. The molecular formula is C26H25N3O3. The van der Waals surface area contributed by atoms with Crippen molar-refractivity contribution >= 4 is 33.8 Å². The summed E-state index contributed by atoms with van der Waals surface area (Å²) in [4.78, 5) is 12.2. The Bertz CT molecular complexity index is 1300. The second-order valence-electron chi connectivity index (χ2n) is 8.17. The molecule has 1 amide bonds. The minimum atomic E-state index is -0.867. The number of ether oxygens (including phenoxy) is 2. The lowest BCUT2D eigenvalue weighted by Crippen LogP contribution is -2.33. The Morgan fingerprint density at radius 1 is 1.03 bits per heavy atom. The van der Waals surface area contributed by atoms with E-state index in [-0.39, 0.29) is 12.3 Å². The predicted octanol–water partition coefficient (Wildman–Crippen LogP) is 4.45. The topological polar surface area (TPSA) is 64.9 Å². The number of carbonyl (C=O) groups excluding carboxylic acids is 1. The molecule has 1 fully saturated rings. The summed E-state index contributed by atoms with van der Waals surface area (Å²) < 4.78 is 13.2. The first kappa shape index (κ1) is 20.4. The van der Waals surface area contributed by atoms with Crippen LogP contribution in [-0.2, 0) is 20.8 Å². The van der Waals surface area contributed by atoms with Gasteiger partial charge in [-0.1, -0.05) is 60.7 Å². The average Bonchev–Trinajstić information content (AvgIpc) is 3.38. The standard InChI is InChI=1S/C26H25N3O3/c1-26(31-13-14-32-26)15-25(30)28-27-16-21-18-29(24-12-5-4-11-23(21)24)17-20-9-6-8-19-7-2-3-10-22(19)20/h2-12,16,18H,13-15,17H2,1H3,(H,28,30)/b27-16+. The van der Waals surface area contributed by atoms with Crippen molar-refractivity contribution in [1.29, 1.82) is 0 Å². The van der Waals surface area contributed by atoms with Crippen molar-refractivity contribution in [2.45, 2.75) is 25.7 Å². The first-order chi connectivity index (χ1) is 15.6. The molecule has 4 aromatic rings. The van der Waals surface area contributed by atoms with Crippen molar-refractivity contribution in [3.05, 3.63) is 84.1 Å². The van der Waals surface area contributed by atoms with Crippen molar-refractivity contribution in [2.75, 3.05) is 13.2 Å². The number of benzene rings is 3. The van der Waals surface area contributed by atoms with E-state index < -0.39 is 5.79 Å². The van der Waals surface area contributed by atoms with E-state index in [1.165, 1.54) is 16.3 Å². The van der Waals surface area contributed by atoms with Gasteiger partial charge in [-0.05, 0) is 29.3 Å². The average molecular weight is 428 g/mol. The van der Waals surface area contributed by atoms with E-state index in [9.17, 15) is 4.79 Å². The zero-order chi connectivity index (χ0) is 22.0. The maximum atomic E-state index is 12.2. The summed E-state index contributed by atoms with van der Waals surface area (Å²) in [5.41, 5.74) is 5.91. The van der Waals surface area contributed by atoms with Gasteiger partial charge >= 0.3 is 0 Å². The van der Waals surface area contributed by atoms with Gasteiger partial charge in [0.05, 0.1) is 25.8 Å². The molecule has 1 aromatic heterocycles. The van der Waals surface area contributed by atoms with Gasteiger partial charge in [-0.3, -0.25) is 4.79 Å². The Morgan fingerprint density at radius 3 is 2.59 bits per heavy atom. The molecule has 5 rings (SSSR count). The highest BCUT2D eigenvalue weighted by Crippen LogP contribution is 2.25. The fourth-order valence-corrected chi connectivity index (χ4v) is 4.29. The molecule has 0 aliphatic carbocycles. The van der Waals surface area contributed by atoms with Gasteiger partial charge in [0.25, 0.3) is 0 Å². The van der Waals surface area contributed by atoms with Gasteiger partial charge in [-0.25, -0.2) is 5.43 Å². The zero-order valence-electron chi connectivity index (χ0n) is 18.0. The van der Waals surface area contributed by atoms with Crippen LogP contribution in [0, 0.1) is 0 Å². The number of hydrogen-bond donors (Lipinski definition) is 1. The molecule has 0 atom stereocenters. The summed E-state index contributed by atoms with van der Waals surface area (Å²) in [6.07, 6.45) is 3.87. The van der Waals surface area contributed by atoms with E-state index in [4.69, 9.17) is 9.47 Å². The van der Waals surface area contributed by atoms with E-state index in [1.807, 2.05) is 12.1 Å². The highest BCUT2D eigenvalue weighted by Gasteiger charge is 2.33. The predicted molar refractivity (Wildman–Crippen MR) is 126 cm³/mol. The number of nitrogens with one attached hydrogen (secondary N) is 1. The number of nitrogens with zero attached hydrogens (tertiary/aromatic N) is 2. The molecule has 1 saturated heterocycles. The molecule has 162 valence electrons. The third-order valence-electron chi connectivity index (χ3n) is 5.81. The van der Waals surface area contributed by atoms with Crippen LogP contribution in [0.4, 0.5) is 0 Å². The lowest BCUT2D eigenvalue weighted by Gasteiger charge is -2.20. The zero-order valence-corrected chi connectivity index (χ0v) is 18.0. The molecule has 0 bridgehead atoms. The molecular weight excluding hydrogens is 402 g/mol. The fraction of sp³-hybridized carbons (Fsp3) is 0.231. The largest absolute Gasteiger partial charge is 0.347 e. The summed E-state index contributed by atoms with van der Waals surface area (Å²) in [6.45, 7) is 3.52. The third-order valence-corrected chi connectivity index (χ3v) is 5.81. The first-order valence-electron chi connectivity index (χ1n) is 10.8. The van der Waals surface area contributed by atoms with Gasteiger partial charge in [0.15, 0.2) is 5.79 Å². The lowest BCUT2D eigenvalue weighted by atomic mass is 10.0. The molecule has 1 aliphatic heterocycles. The van der Waals surface area contributed by atoms with E-state index >= 15 is 0 Å². The van der Waals surface area contributed by atoms with Crippen LogP contribution in [0.25, 0.3) is 21.7 Å². The second kappa shape index (κ2) is 8.57. The maximum Gasteiger partial charge on any atom is 0.245 e. The Labute approximate surface area is 186 Å². The smallest absolute Gasteiger partial charge is 0.245 e. The third kappa shape index (κ3) is 4.15. The van der Waals surface area contributed by atoms with Crippen molar-refractivity contribution in [3.8, 4) is 0 Å². The van der Waals surface area contributed by atoms with Crippen LogP contribution in [0.5, 0.6) is 0 Å². The molecule has 1 N–H and O–H groups in total. The van der Waals surface area contributed by atoms with Crippen LogP contribution in [-0.4, -0.2) is 35.7 Å². The number of para-hydroxylation sites is 1. The Morgan fingerprint density at radius 2 is 1.75 bits per heavy atom. The Balaban J connectivity index is 1.38. The molecule has 0 saturated carbocycles. The van der Waals surface area contributed by atoms with Crippen LogP contribution in [0.2, 0.25) is 0 Å². The number of hydrazone groups is 1. The normalized spacial score (nSPS) is 15.7. The van der Waals surface area contributed by atoms with Crippen LogP contribution in [0.1, 0.15) is 24.5 Å². The van der Waals surface area contributed by atoms with Crippen molar-refractivity contribution in [3.63, 3.8) is 0 Å². The molecule has 3 aromatic carbocycles. The summed E-state index contributed by atoms with van der Waals surface area (Å²) in [7, 11) is 0. The molecule has 0 spiro atoms. The molecule has 2 heterocycles. The number of fused-ring (bicyclic) bond motifs is 2. The van der Waals surface area contributed by atoms with E-state index in [2.05, 4.69) is 75.9 Å². The second-order valence-corrected chi connectivity index (χ2v) is 8.17. The monoisotopic (exact) mass is 427 g/mol. The molecule has 1 aliphatic rings. The molecule has 0 radical (unpaired) electrons. The Hall–Kier alpha value is -3.48. The van der Waals surface area contributed by atoms with E-state index in [0.29, 0.717) is 13.2 Å². The number of amides is 1. The molecule has 6 nitrogen and oxygen atoms in total. The van der Waals surface area contributed by atoms with Crippen molar-refractivity contribution in [1.82, 2.24) is 9.99 Å².